The van der Waals surface area contributed by atoms with Gasteiger partial charge in [-0.1, -0.05) is 12.8 Å². The van der Waals surface area contributed by atoms with Crippen LogP contribution in [0.25, 0.3) is 11.0 Å². The fraction of sp³-hybridized carbons (Fsp3) is 0.519. The Morgan fingerprint density at radius 3 is 2.38 bits per heavy atom. The number of aliphatic hydroxyl groups is 1. The van der Waals surface area contributed by atoms with Gasteiger partial charge in [-0.2, -0.15) is 4.98 Å². The van der Waals surface area contributed by atoms with E-state index in [4.69, 9.17) is 4.98 Å². The van der Waals surface area contributed by atoms with Gasteiger partial charge < -0.3 is 24.8 Å². The first kappa shape index (κ1) is 23.8. The van der Waals surface area contributed by atoms with E-state index in [9.17, 15) is 14.7 Å². The van der Waals surface area contributed by atoms with Gasteiger partial charge in [-0.05, 0) is 56.7 Å². The molecular formula is C27H33N7O3. The SMILES string of the molecule is CN(C)C(=O)c1cc2cnc(Nc3ccc(C(=O)N4[C@@H]5CC[C@H]4C[C@@H](O)C5)cn3)nc2n1C1CCCC1. The highest BCUT2D eigenvalue weighted by atomic mass is 16.3. The smallest absolute Gasteiger partial charge is 0.270 e. The second-order valence-corrected chi connectivity index (χ2v) is 10.8. The summed E-state index contributed by atoms with van der Waals surface area (Å²) in [6.45, 7) is 0. The number of aromatic nitrogens is 4. The van der Waals surface area contributed by atoms with E-state index in [2.05, 4.69) is 19.9 Å². The van der Waals surface area contributed by atoms with Crippen LogP contribution in [-0.4, -0.2) is 78.5 Å². The molecule has 0 aromatic carbocycles. The van der Waals surface area contributed by atoms with E-state index in [0.29, 0.717) is 35.9 Å². The first-order valence-electron chi connectivity index (χ1n) is 13.2. The minimum absolute atomic E-state index is 0.0244. The lowest BCUT2D eigenvalue weighted by molar-refractivity contribution is 0.0286. The zero-order chi connectivity index (χ0) is 25.7. The first-order valence-corrected chi connectivity index (χ1v) is 13.2. The van der Waals surface area contributed by atoms with Gasteiger partial charge in [0.2, 0.25) is 5.95 Å². The van der Waals surface area contributed by atoms with Crippen molar-refractivity contribution in [3.8, 4) is 0 Å². The Kier molecular flexibility index (Phi) is 6.06. The maximum absolute atomic E-state index is 13.2. The molecule has 2 N–H and O–H groups in total. The van der Waals surface area contributed by atoms with Crippen LogP contribution in [0.1, 0.15) is 78.3 Å². The number of pyridine rings is 1. The fourth-order valence-corrected chi connectivity index (χ4v) is 6.33. The van der Waals surface area contributed by atoms with Crippen molar-refractivity contribution in [2.24, 2.45) is 0 Å². The molecular weight excluding hydrogens is 470 g/mol. The molecule has 2 saturated heterocycles. The molecule has 3 atom stereocenters. The fourth-order valence-electron chi connectivity index (χ4n) is 6.33. The molecule has 6 rings (SSSR count). The van der Waals surface area contributed by atoms with E-state index < -0.39 is 0 Å². The van der Waals surface area contributed by atoms with Crippen LogP contribution in [0.5, 0.6) is 0 Å². The summed E-state index contributed by atoms with van der Waals surface area (Å²) < 4.78 is 2.08. The molecule has 2 aliphatic heterocycles. The normalized spacial score (nSPS) is 23.5. The predicted molar refractivity (Wildman–Crippen MR) is 139 cm³/mol. The second kappa shape index (κ2) is 9.41. The Morgan fingerprint density at radius 1 is 1.00 bits per heavy atom. The third-order valence-electron chi connectivity index (χ3n) is 8.08. The van der Waals surface area contributed by atoms with E-state index in [0.717, 1.165) is 49.6 Å². The number of nitrogens with zero attached hydrogens (tertiary/aromatic N) is 6. The van der Waals surface area contributed by atoms with Crippen molar-refractivity contribution >= 4 is 34.6 Å². The number of anilines is 2. The lowest BCUT2D eigenvalue weighted by atomic mass is 9.99. The number of fused-ring (bicyclic) bond motifs is 3. The average molecular weight is 504 g/mol. The monoisotopic (exact) mass is 503 g/mol. The van der Waals surface area contributed by atoms with Gasteiger partial charge in [-0.15, -0.1) is 0 Å². The number of hydrogen-bond acceptors (Lipinski definition) is 7. The van der Waals surface area contributed by atoms with Gasteiger partial charge in [0.25, 0.3) is 11.8 Å². The molecule has 1 saturated carbocycles. The number of amides is 2. The third-order valence-corrected chi connectivity index (χ3v) is 8.08. The average Bonchev–Trinajstić information content (AvgIpc) is 3.60. The summed E-state index contributed by atoms with van der Waals surface area (Å²) >= 11 is 0. The summed E-state index contributed by atoms with van der Waals surface area (Å²) in [5.41, 5.74) is 1.92. The molecule has 3 aliphatic rings. The summed E-state index contributed by atoms with van der Waals surface area (Å²) in [6.07, 6.45) is 10.6. The maximum atomic E-state index is 13.2. The largest absolute Gasteiger partial charge is 0.393 e. The van der Waals surface area contributed by atoms with E-state index >= 15 is 0 Å². The molecule has 2 amide bonds. The molecule has 3 aromatic heterocycles. The number of piperidine rings is 1. The van der Waals surface area contributed by atoms with Crippen molar-refractivity contribution in [3.63, 3.8) is 0 Å². The summed E-state index contributed by atoms with van der Waals surface area (Å²) in [7, 11) is 3.52. The summed E-state index contributed by atoms with van der Waals surface area (Å²) in [4.78, 5) is 43.3. The minimum atomic E-state index is -0.310. The van der Waals surface area contributed by atoms with Gasteiger partial charge in [0.05, 0.1) is 11.7 Å². The molecule has 3 fully saturated rings. The molecule has 2 bridgehead atoms. The molecule has 0 spiro atoms. The molecule has 10 nitrogen and oxygen atoms in total. The Morgan fingerprint density at radius 2 is 1.73 bits per heavy atom. The van der Waals surface area contributed by atoms with Crippen molar-refractivity contribution in [1.29, 1.82) is 0 Å². The van der Waals surface area contributed by atoms with E-state index in [-0.39, 0.29) is 36.0 Å². The Hall–Kier alpha value is -3.53. The van der Waals surface area contributed by atoms with Gasteiger partial charge in [-0.25, -0.2) is 9.97 Å². The Labute approximate surface area is 215 Å². The van der Waals surface area contributed by atoms with Crippen molar-refractivity contribution in [2.45, 2.75) is 75.6 Å². The van der Waals surface area contributed by atoms with Gasteiger partial charge in [0, 0.05) is 50.0 Å². The first-order chi connectivity index (χ1) is 17.9. The van der Waals surface area contributed by atoms with Crippen LogP contribution >= 0.6 is 0 Å². The van der Waals surface area contributed by atoms with E-state index in [1.165, 1.54) is 0 Å². The quantitative estimate of drug-likeness (QED) is 0.547. The lowest BCUT2D eigenvalue weighted by Crippen LogP contribution is -2.48. The van der Waals surface area contributed by atoms with Gasteiger partial charge in [0.15, 0.2) is 0 Å². The lowest BCUT2D eigenvalue weighted by Gasteiger charge is -2.37. The van der Waals surface area contributed by atoms with Crippen molar-refractivity contribution in [2.75, 3.05) is 19.4 Å². The van der Waals surface area contributed by atoms with Crippen LogP contribution in [0.2, 0.25) is 0 Å². The Bertz CT molecular complexity index is 1320. The second-order valence-electron chi connectivity index (χ2n) is 10.8. The van der Waals surface area contributed by atoms with Crippen LogP contribution < -0.4 is 5.32 Å². The molecule has 37 heavy (non-hydrogen) atoms. The zero-order valence-electron chi connectivity index (χ0n) is 21.3. The number of nitrogens with one attached hydrogen (secondary N) is 1. The van der Waals surface area contributed by atoms with Crippen molar-refractivity contribution < 1.29 is 14.7 Å². The van der Waals surface area contributed by atoms with Crippen LogP contribution in [0.15, 0.2) is 30.6 Å². The highest BCUT2D eigenvalue weighted by Gasteiger charge is 2.43. The summed E-state index contributed by atoms with van der Waals surface area (Å²) in [5, 5.41) is 14.0. The van der Waals surface area contributed by atoms with Crippen LogP contribution in [-0.2, 0) is 0 Å². The summed E-state index contributed by atoms with van der Waals surface area (Å²) in [5.74, 6) is 0.862. The molecule has 0 unspecified atom stereocenters. The minimum Gasteiger partial charge on any atom is -0.393 e. The topological polar surface area (TPSA) is 116 Å². The molecule has 10 heteroatoms. The molecule has 194 valence electrons. The number of carbonyl (C=O) groups is 2. The molecule has 5 heterocycles. The number of carbonyl (C=O) groups excluding carboxylic acids is 2. The number of hydrogen-bond donors (Lipinski definition) is 2. The maximum Gasteiger partial charge on any atom is 0.270 e. The van der Waals surface area contributed by atoms with Crippen LogP contribution in [0.3, 0.4) is 0 Å². The van der Waals surface area contributed by atoms with Crippen LogP contribution in [0.4, 0.5) is 11.8 Å². The summed E-state index contributed by atoms with van der Waals surface area (Å²) in [6, 6.07) is 5.88. The standard InChI is InChI=1S/C27H33N7O3/c1-32(2)26(37)22-11-17-15-29-27(31-24(17)34(22)18-5-3-4-6-18)30-23-10-7-16(14-28-23)25(36)33-19-8-9-20(33)13-21(35)12-19/h7,10-11,14-15,18-21,35H,3-6,8-9,12-13H2,1-2H3,(H,28,29,30,31)/t19-,20+,21+. The predicted octanol–water partition coefficient (Wildman–Crippen LogP) is 3.51. The van der Waals surface area contributed by atoms with Crippen LogP contribution in [0, 0.1) is 0 Å². The molecule has 0 radical (unpaired) electrons. The molecule has 1 aliphatic carbocycles. The molecule has 3 aromatic rings. The zero-order valence-corrected chi connectivity index (χ0v) is 21.3. The van der Waals surface area contributed by atoms with E-state index in [1.54, 1.807) is 43.5 Å². The van der Waals surface area contributed by atoms with Crippen molar-refractivity contribution in [1.82, 2.24) is 29.3 Å². The van der Waals surface area contributed by atoms with Gasteiger partial charge in [0.1, 0.15) is 17.2 Å². The number of aliphatic hydroxyl groups excluding tert-OH is 1. The van der Waals surface area contributed by atoms with Crippen molar-refractivity contribution in [3.05, 3.63) is 41.9 Å². The third kappa shape index (κ3) is 4.33. The van der Waals surface area contributed by atoms with E-state index in [1.807, 2.05) is 11.0 Å². The highest BCUT2D eigenvalue weighted by Crippen LogP contribution is 2.37. The Balaban J connectivity index is 1.24. The van der Waals surface area contributed by atoms with Gasteiger partial charge in [-0.3, -0.25) is 9.59 Å². The number of rotatable bonds is 5. The highest BCUT2D eigenvalue weighted by molar-refractivity contribution is 5.98. The van der Waals surface area contributed by atoms with Gasteiger partial charge >= 0.3 is 0 Å².